The molecule has 1 aliphatic heterocycles. The molecule has 1 aliphatic rings. The number of pyridine rings is 1. The molecule has 168 valence electrons. The van der Waals surface area contributed by atoms with Crippen molar-refractivity contribution in [2.24, 2.45) is 15.1 Å². The molecular formula is C25H27N7O. The fourth-order valence-corrected chi connectivity index (χ4v) is 4.04. The van der Waals surface area contributed by atoms with Gasteiger partial charge in [-0.25, -0.2) is 19.4 Å². The first-order valence-electron chi connectivity index (χ1n) is 11.1. The third-order valence-corrected chi connectivity index (χ3v) is 5.78. The molecule has 1 atom stereocenters. The van der Waals surface area contributed by atoms with E-state index < -0.39 is 6.04 Å². The van der Waals surface area contributed by atoms with E-state index in [2.05, 4.69) is 40.9 Å². The number of imidazole rings is 1. The third-order valence-electron chi connectivity index (χ3n) is 5.78. The van der Waals surface area contributed by atoms with E-state index in [1.165, 1.54) is 0 Å². The summed E-state index contributed by atoms with van der Waals surface area (Å²) in [5.41, 5.74) is 6.58. The quantitative estimate of drug-likeness (QED) is 0.400. The summed E-state index contributed by atoms with van der Waals surface area (Å²) in [5.74, 6) is 0.614. The van der Waals surface area contributed by atoms with E-state index in [-0.39, 0.29) is 0 Å². The molecule has 8 heteroatoms. The fourth-order valence-electron chi connectivity index (χ4n) is 4.04. The molecule has 0 fully saturated rings. The molecule has 0 amide bonds. The molecule has 0 aliphatic carbocycles. The lowest BCUT2D eigenvalue weighted by Crippen LogP contribution is -2.23. The second kappa shape index (κ2) is 9.30. The minimum Gasteiger partial charge on any atom is -0.372 e. The van der Waals surface area contributed by atoms with Crippen LogP contribution in [0.5, 0.6) is 0 Å². The van der Waals surface area contributed by atoms with Gasteiger partial charge in [-0.2, -0.15) is 10.1 Å². The summed E-state index contributed by atoms with van der Waals surface area (Å²) in [6, 6.07) is 11.4. The minimum atomic E-state index is -0.505. The Hall–Kier alpha value is -3.90. The molecular weight excluding hydrogens is 414 g/mol. The standard InChI is InChI=1S/C25H27N7O/c1-6-31(7-2)19-11-12-20(16(3)14-19)29-23-22(17(4)27-15-33)30-32-24(18(5)28-25(23)32)21-10-8-9-13-26-21/h8-14,17H,6-7H2,1-5H3. The van der Waals surface area contributed by atoms with Crippen LogP contribution >= 0.6 is 0 Å². The van der Waals surface area contributed by atoms with Gasteiger partial charge in [0.05, 0.1) is 17.1 Å². The second-order valence-corrected chi connectivity index (χ2v) is 7.88. The first kappa shape index (κ1) is 22.3. The highest BCUT2D eigenvalue weighted by molar-refractivity contribution is 6.51. The normalized spacial score (nSPS) is 14.6. The monoisotopic (exact) mass is 441 g/mol. The number of fused-ring (bicyclic) bond motifs is 1. The van der Waals surface area contributed by atoms with Crippen molar-refractivity contribution in [1.82, 2.24) is 14.6 Å². The van der Waals surface area contributed by atoms with Crippen LogP contribution in [-0.2, 0) is 4.79 Å². The van der Waals surface area contributed by atoms with Crippen LogP contribution in [0, 0.1) is 13.8 Å². The SMILES string of the molecule is CCN(CC)c1ccc(N=C2C(C(C)N=C=O)=Nn3c2nc(C)c3-c2ccccn2)c(C)c1. The Bertz CT molecular complexity index is 1280. The van der Waals surface area contributed by atoms with Gasteiger partial charge >= 0.3 is 0 Å². The van der Waals surface area contributed by atoms with Crippen LogP contribution in [0.3, 0.4) is 0 Å². The van der Waals surface area contributed by atoms with Crippen LogP contribution in [0.1, 0.15) is 37.9 Å². The third kappa shape index (κ3) is 4.13. The highest BCUT2D eigenvalue weighted by atomic mass is 16.1. The number of isocyanates is 1. The summed E-state index contributed by atoms with van der Waals surface area (Å²) in [6.07, 6.45) is 3.38. The molecule has 0 saturated carbocycles. The van der Waals surface area contributed by atoms with E-state index >= 15 is 0 Å². The van der Waals surface area contributed by atoms with Crippen LogP contribution in [0.15, 0.2) is 57.7 Å². The minimum absolute atomic E-state index is 0.505. The van der Waals surface area contributed by atoms with E-state index in [0.717, 1.165) is 47.1 Å². The number of benzene rings is 1. The van der Waals surface area contributed by atoms with Gasteiger partial charge in [-0.3, -0.25) is 4.98 Å². The average molecular weight is 442 g/mol. The van der Waals surface area contributed by atoms with Crippen molar-refractivity contribution in [3.8, 4) is 11.4 Å². The van der Waals surface area contributed by atoms with Gasteiger partial charge in [-0.1, -0.05) is 6.07 Å². The van der Waals surface area contributed by atoms with E-state index in [4.69, 9.17) is 15.1 Å². The Morgan fingerprint density at radius 3 is 2.58 bits per heavy atom. The van der Waals surface area contributed by atoms with Gasteiger partial charge in [-0.05, 0) is 70.5 Å². The van der Waals surface area contributed by atoms with Crippen molar-refractivity contribution in [2.45, 2.75) is 40.7 Å². The summed E-state index contributed by atoms with van der Waals surface area (Å²) in [4.78, 5) is 31.4. The molecule has 0 spiro atoms. The molecule has 8 nitrogen and oxygen atoms in total. The number of hydrogen-bond donors (Lipinski definition) is 0. The Kier molecular flexibility index (Phi) is 6.29. The highest BCUT2D eigenvalue weighted by Crippen LogP contribution is 2.31. The maximum absolute atomic E-state index is 11.0. The average Bonchev–Trinajstić information content (AvgIpc) is 3.31. The number of nitrogens with zero attached hydrogens (tertiary/aromatic N) is 7. The second-order valence-electron chi connectivity index (χ2n) is 7.88. The van der Waals surface area contributed by atoms with E-state index in [9.17, 15) is 4.79 Å². The van der Waals surface area contributed by atoms with Gasteiger partial charge in [0.25, 0.3) is 0 Å². The topological polar surface area (TPSA) is 88.1 Å². The van der Waals surface area contributed by atoms with Crippen LogP contribution in [-0.4, -0.2) is 51.3 Å². The Labute approximate surface area is 193 Å². The van der Waals surface area contributed by atoms with E-state index in [1.807, 2.05) is 38.1 Å². The Morgan fingerprint density at radius 2 is 1.94 bits per heavy atom. The maximum Gasteiger partial charge on any atom is 0.235 e. The largest absolute Gasteiger partial charge is 0.372 e. The Morgan fingerprint density at radius 1 is 1.15 bits per heavy atom. The van der Waals surface area contributed by atoms with Gasteiger partial charge in [0.1, 0.15) is 23.2 Å². The van der Waals surface area contributed by atoms with Crippen molar-refractivity contribution >= 4 is 28.9 Å². The molecule has 0 radical (unpaired) electrons. The molecule has 4 rings (SSSR count). The van der Waals surface area contributed by atoms with Gasteiger partial charge in [0, 0.05) is 25.0 Å². The van der Waals surface area contributed by atoms with Crippen molar-refractivity contribution in [3.05, 3.63) is 59.7 Å². The van der Waals surface area contributed by atoms with Crippen molar-refractivity contribution in [2.75, 3.05) is 18.0 Å². The number of hydrogen-bond acceptors (Lipinski definition) is 7. The number of anilines is 1. The summed E-state index contributed by atoms with van der Waals surface area (Å²) < 4.78 is 1.75. The molecule has 2 aromatic heterocycles. The zero-order valence-corrected chi connectivity index (χ0v) is 19.6. The van der Waals surface area contributed by atoms with E-state index in [1.54, 1.807) is 23.9 Å². The van der Waals surface area contributed by atoms with Crippen LogP contribution in [0.4, 0.5) is 11.4 Å². The lowest BCUT2D eigenvalue weighted by atomic mass is 10.1. The zero-order valence-electron chi connectivity index (χ0n) is 19.6. The molecule has 0 saturated heterocycles. The summed E-state index contributed by atoms with van der Waals surface area (Å²) in [7, 11) is 0. The highest BCUT2D eigenvalue weighted by Gasteiger charge is 2.32. The predicted octanol–water partition coefficient (Wildman–Crippen LogP) is 4.47. The molecule has 0 N–H and O–H groups in total. The fraction of sp³-hybridized carbons (Fsp3) is 0.320. The van der Waals surface area contributed by atoms with Crippen molar-refractivity contribution < 1.29 is 4.79 Å². The predicted molar refractivity (Wildman–Crippen MR) is 132 cm³/mol. The van der Waals surface area contributed by atoms with Gasteiger partial charge in [0.2, 0.25) is 6.08 Å². The summed E-state index contributed by atoms with van der Waals surface area (Å²) in [5, 5.41) is 4.77. The van der Waals surface area contributed by atoms with Crippen LogP contribution < -0.4 is 4.90 Å². The maximum atomic E-state index is 11.0. The van der Waals surface area contributed by atoms with Gasteiger partial charge in [0.15, 0.2) is 5.82 Å². The summed E-state index contributed by atoms with van der Waals surface area (Å²) in [6.45, 7) is 11.9. The smallest absolute Gasteiger partial charge is 0.235 e. The number of aliphatic imine (C=N–C) groups is 2. The molecule has 3 aromatic rings. The molecule has 33 heavy (non-hydrogen) atoms. The lowest BCUT2D eigenvalue weighted by Gasteiger charge is -2.21. The van der Waals surface area contributed by atoms with Crippen LogP contribution in [0.25, 0.3) is 11.4 Å². The number of carbonyl (C=O) groups excluding carboxylic acids is 1. The first-order chi connectivity index (χ1) is 16.0. The van der Waals surface area contributed by atoms with Crippen molar-refractivity contribution in [3.63, 3.8) is 0 Å². The Balaban J connectivity index is 1.86. The number of aryl methyl sites for hydroxylation is 2. The van der Waals surface area contributed by atoms with Crippen LogP contribution in [0.2, 0.25) is 0 Å². The molecule has 1 unspecified atom stereocenters. The lowest BCUT2D eigenvalue weighted by molar-refractivity contribution is 0.562. The van der Waals surface area contributed by atoms with Crippen molar-refractivity contribution in [1.29, 1.82) is 0 Å². The number of rotatable bonds is 7. The van der Waals surface area contributed by atoms with Gasteiger partial charge < -0.3 is 4.90 Å². The summed E-state index contributed by atoms with van der Waals surface area (Å²) >= 11 is 0. The molecule has 0 bridgehead atoms. The zero-order chi connectivity index (χ0) is 23.5. The van der Waals surface area contributed by atoms with E-state index in [0.29, 0.717) is 17.2 Å². The molecule has 3 heterocycles. The first-order valence-corrected chi connectivity index (χ1v) is 11.1. The van der Waals surface area contributed by atoms with Gasteiger partial charge in [-0.15, -0.1) is 0 Å². The number of aromatic nitrogens is 3. The molecule has 1 aromatic carbocycles.